The van der Waals surface area contributed by atoms with Gasteiger partial charge in [0.15, 0.2) is 5.78 Å². The number of Topliss-reactive ketones (excluding diaryl/α,β-unsaturated/α-hetero) is 1. The van der Waals surface area contributed by atoms with Gasteiger partial charge in [0.2, 0.25) is 17.7 Å². The van der Waals surface area contributed by atoms with Gasteiger partial charge in [-0.05, 0) is 42.2 Å². The van der Waals surface area contributed by atoms with Crippen LogP contribution in [0.1, 0.15) is 58.4 Å². The molecule has 70 heavy (non-hydrogen) atoms. The van der Waals surface area contributed by atoms with E-state index in [-0.39, 0.29) is 74.4 Å². The molecule has 22 heteroatoms. The molecule has 0 saturated heterocycles. The summed E-state index contributed by atoms with van der Waals surface area (Å²) in [7, 11) is 1.55. The minimum absolute atomic E-state index is 0.0155. The number of nitro groups is 1. The second-order valence-corrected chi connectivity index (χ2v) is 15.8. The lowest BCUT2D eigenvalue weighted by Gasteiger charge is -2.24. The average Bonchev–Trinajstić information content (AvgIpc) is 3.34. The monoisotopic (exact) mass is 994 g/mol. The maximum Gasteiger partial charge on any atom is 0.514 e. The van der Waals surface area contributed by atoms with Crippen molar-refractivity contribution in [2.75, 3.05) is 131 Å². The summed E-state index contributed by atoms with van der Waals surface area (Å²) in [5, 5.41) is 19.0. The molecule has 0 aliphatic carbocycles. The standard InChI is InChI=1S/C48H74N4O18/c1-5-6-7-8-39(47(56)50-40-11-9-38(10-12-40)34-69-48(57)70-42-15-13-41(14-16-42)52(58)59)33-43(53)46(37(2)3)51-45(55)36-68-32-30-66-28-26-64-24-22-62-20-18-60-17-19-61-21-23-63-25-27-65-29-31-67-35-44(54)49-4/h9-16,37,39,46H,5-8,17-36H2,1-4H3,(H,49,54)(H,50,56)(H,51,55)/t39-,46+/m1/s1. The fourth-order valence-corrected chi connectivity index (χ4v) is 6.06. The summed E-state index contributed by atoms with van der Waals surface area (Å²) in [5.41, 5.74) is 0.955. The van der Waals surface area contributed by atoms with Crippen molar-refractivity contribution in [3.63, 3.8) is 0 Å². The van der Waals surface area contributed by atoms with Gasteiger partial charge >= 0.3 is 6.16 Å². The zero-order valence-corrected chi connectivity index (χ0v) is 41.1. The molecular formula is C48H74N4O18. The van der Waals surface area contributed by atoms with Gasteiger partial charge in [-0.3, -0.25) is 29.3 Å². The van der Waals surface area contributed by atoms with E-state index in [1.54, 1.807) is 31.3 Å². The molecule has 0 fully saturated rings. The Labute approximate surface area is 410 Å². The van der Waals surface area contributed by atoms with Crippen LogP contribution in [-0.4, -0.2) is 167 Å². The normalized spacial score (nSPS) is 12.0. The largest absolute Gasteiger partial charge is 0.514 e. The third-order valence-corrected chi connectivity index (χ3v) is 9.85. The predicted molar refractivity (Wildman–Crippen MR) is 254 cm³/mol. The van der Waals surface area contributed by atoms with Crippen molar-refractivity contribution < 1.29 is 81.0 Å². The lowest BCUT2D eigenvalue weighted by Crippen LogP contribution is -2.46. The Morgan fingerprint density at radius 3 is 1.50 bits per heavy atom. The Balaban J connectivity index is 1.53. The van der Waals surface area contributed by atoms with Crippen molar-refractivity contribution in [3.05, 3.63) is 64.2 Å². The smallest absolute Gasteiger partial charge is 0.429 e. The maximum atomic E-state index is 13.6. The molecule has 0 unspecified atom stereocenters. The van der Waals surface area contributed by atoms with Crippen molar-refractivity contribution in [2.45, 2.75) is 65.5 Å². The lowest BCUT2D eigenvalue weighted by atomic mass is 9.89. The van der Waals surface area contributed by atoms with Gasteiger partial charge in [0, 0.05) is 37.2 Å². The van der Waals surface area contributed by atoms with Crippen LogP contribution in [-0.2, 0) is 73.2 Å². The average molecular weight is 995 g/mol. The fourth-order valence-electron chi connectivity index (χ4n) is 6.06. The maximum absolute atomic E-state index is 13.6. The summed E-state index contributed by atoms with van der Waals surface area (Å²) in [4.78, 5) is 73.3. The first-order valence-corrected chi connectivity index (χ1v) is 23.6. The van der Waals surface area contributed by atoms with E-state index in [9.17, 15) is 34.1 Å². The molecule has 2 aromatic carbocycles. The number of hydrogen-bond acceptors (Lipinski definition) is 18. The Hall–Kier alpha value is -5.17. The number of carbonyl (C=O) groups is 5. The predicted octanol–water partition coefficient (Wildman–Crippen LogP) is 4.44. The summed E-state index contributed by atoms with van der Waals surface area (Å²) >= 11 is 0. The lowest BCUT2D eigenvalue weighted by molar-refractivity contribution is -0.384. The first kappa shape index (κ1) is 61.0. The van der Waals surface area contributed by atoms with Crippen molar-refractivity contribution in [3.8, 4) is 5.75 Å². The minimum atomic E-state index is -0.990. The molecule has 0 heterocycles. The first-order chi connectivity index (χ1) is 33.9. The van der Waals surface area contributed by atoms with Crippen LogP contribution in [0.4, 0.5) is 16.2 Å². The molecule has 3 amide bonds. The number of benzene rings is 2. The van der Waals surface area contributed by atoms with Crippen molar-refractivity contribution in [2.24, 2.45) is 11.8 Å². The van der Waals surface area contributed by atoms with Gasteiger partial charge < -0.3 is 68.1 Å². The number of ether oxygens (including phenoxy) is 11. The van der Waals surface area contributed by atoms with Crippen LogP contribution in [0, 0.1) is 22.0 Å². The molecule has 394 valence electrons. The highest BCUT2D eigenvalue weighted by Crippen LogP contribution is 2.21. The van der Waals surface area contributed by atoms with E-state index in [1.807, 2.05) is 20.8 Å². The number of anilines is 1. The number of nitrogens with one attached hydrogen (secondary N) is 3. The third kappa shape index (κ3) is 30.4. The number of carbonyl (C=O) groups excluding carboxylic acids is 5. The van der Waals surface area contributed by atoms with E-state index in [4.69, 9.17) is 52.1 Å². The van der Waals surface area contributed by atoms with Gasteiger partial charge in [-0.1, -0.05) is 52.2 Å². The number of nitro benzene ring substituents is 1. The summed E-state index contributed by atoms with van der Waals surface area (Å²) in [6, 6.07) is 10.8. The Morgan fingerprint density at radius 1 is 0.614 bits per heavy atom. The van der Waals surface area contributed by atoms with Gasteiger partial charge in [0.1, 0.15) is 25.6 Å². The molecule has 0 bridgehead atoms. The number of hydrogen-bond donors (Lipinski definition) is 3. The molecule has 0 aliphatic heterocycles. The van der Waals surface area contributed by atoms with E-state index in [0.717, 1.165) is 19.3 Å². The highest BCUT2D eigenvalue weighted by molar-refractivity contribution is 5.97. The molecule has 0 radical (unpaired) electrons. The van der Waals surface area contributed by atoms with Gasteiger partial charge in [-0.15, -0.1) is 0 Å². The molecule has 2 rings (SSSR count). The Morgan fingerprint density at radius 2 is 1.07 bits per heavy atom. The third-order valence-electron chi connectivity index (χ3n) is 9.85. The highest BCUT2D eigenvalue weighted by Gasteiger charge is 2.29. The number of rotatable bonds is 43. The molecule has 2 atom stereocenters. The van der Waals surface area contributed by atoms with Gasteiger partial charge in [0.05, 0.1) is 117 Å². The van der Waals surface area contributed by atoms with Crippen LogP contribution < -0.4 is 20.7 Å². The second-order valence-electron chi connectivity index (χ2n) is 15.8. The topological polar surface area (TPSA) is 266 Å². The summed E-state index contributed by atoms with van der Waals surface area (Å²) in [5.74, 6) is -1.99. The van der Waals surface area contributed by atoms with E-state index in [2.05, 4.69) is 16.0 Å². The highest BCUT2D eigenvalue weighted by atomic mass is 16.7. The molecule has 0 aromatic heterocycles. The number of nitrogens with zero attached hydrogens (tertiary/aromatic N) is 1. The van der Waals surface area contributed by atoms with Crippen molar-refractivity contribution in [1.82, 2.24) is 10.6 Å². The van der Waals surface area contributed by atoms with Crippen LogP contribution >= 0.6 is 0 Å². The van der Waals surface area contributed by atoms with Crippen LogP contribution in [0.2, 0.25) is 0 Å². The minimum Gasteiger partial charge on any atom is -0.429 e. The van der Waals surface area contributed by atoms with Crippen molar-refractivity contribution in [1.29, 1.82) is 0 Å². The Kier molecular flexibility index (Phi) is 34.4. The zero-order chi connectivity index (χ0) is 51.0. The van der Waals surface area contributed by atoms with E-state index >= 15 is 0 Å². The quantitative estimate of drug-likeness (QED) is 0.0273. The molecule has 0 saturated carbocycles. The second kappa shape index (κ2) is 39.5. The molecule has 2 aromatic rings. The Bertz CT molecular complexity index is 1750. The molecule has 0 aliphatic rings. The number of unbranched alkanes of at least 4 members (excludes halogenated alkanes) is 2. The summed E-state index contributed by atoms with van der Waals surface area (Å²) in [6.45, 7) is 11.4. The van der Waals surface area contributed by atoms with Crippen molar-refractivity contribution >= 4 is 41.0 Å². The van der Waals surface area contributed by atoms with E-state index < -0.39 is 28.9 Å². The number of amides is 3. The number of likely N-dealkylation sites (N-methyl/N-ethyl adjacent to an activating group) is 1. The van der Waals surface area contributed by atoms with E-state index in [1.165, 1.54) is 24.3 Å². The van der Waals surface area contributed by atoms with Gasteiger partial charge in [-0.2, -0.15) is 0 Å². The summed E-state index contributed by atoms with van der Waals surface area (Å²) in [6.07, 6.45) is 2.01. The zero-order valence-electron chi connectivity index (χ0n) is 41.1. The number of non-ortho nitro benzene ring substituents is 1. The van der Waals surface area contributed by atoms with Crippen LogP contribution in [0.15, 0.2) is 48.5 Å². The van der Waals surface area contributed by atoms with Gasteiger partial charge in [-0.25, -0.2) is 4.79 Å². The fraction of sp³-hybridized carbons (Fsp3) is 0.646. The van der Waals surface area contributed by atoms with Gasteiger partial charge in [0.25, 0.3) is 5.69 Å². The molecular weight excluding hydrogens is 921 g/mol. The summed E-state index contributed by atoms with van der Waals surface area (Å²) < 4.78 is 59.0. The first-order valence-electron chi connectivity index (χ1n) is 23.6. The van der Waals surface area contributed by atoms with Crippen LogP contribution in [0.25, 0.3) is 0 Å². The molecule has 3 N–H and O–H groups in total. The SMILES string of the molecule is CCCCC[C@H](CC(=O)[C@@H](NC(=O)COCCOCCOCCOCCOCCOCCOCCOCCOCC(=O)NC)C(C)C)C(=O)Nc1ccc(COC(=O)Oc2ccc([N+](=O)[O-])cc2)cc1. The molecule has 0 spiro atoms. The molecule has 22 nitrogen and oxygen atoms in total. The number of ketones is 1. The van der Waals surface area contributed by atoms with Crippen LogP contribution in [0.3, 0.4) is 0 Å². The van der Waals surface area contributed by atoms with Crippen LogP contribution in [0.5, 0.6) is 5.75 Å². The van der Waals surface area contributed by atoms with E-state index in [0.29, 0.717) is 110 Å².